The molecule has 0 radical (unpaired) electrons. The van der Waals surface area contributed by atoms with E-state index >= 15 is 0 Å². The Morgan fingerprint density at radius 3 is 2.48 bits per heavy atom. The van der Waals surface area contributed by atoms with Crippen LogP contribution in [0.2, 0.25) is 0 Å². The van der Waals surface area contributed by atoms with Gasteiger partial charge >= 0.3 is 0 Å². The molecular weight excluding hydrogens is 258 g/mol. The summed E-state index contributed by atoms with van der Waals surface area (Å²) in [6.07, 6.45) is 0. The van der Waals surface area contributed by atoms with Crippen LogP contribution in [0.3, 0.4) is 0 Å². The maximum Gasteiger partial charge on any atom is 0.119 e. The molecule has 0 aliphatic carbocycles. The van der Waals surface area contributed by atoms with Crippen LogP contribution < -0.4 is 10.1 Å². The van der Waals surface area contributed by atoms with Crippen molar-refractivity contribution in [1.29, 1.82) is 0 Å². The molecule has 2 aromatic rings. The van der Waals surface area contributed by atoms with Gasteiger partial charge in [0.2, 0.25) is 0 Å². The Balaban J connectivity index is 1.72. The SMILES string of the molecule is Cc1cc(OCCNCc2ccccc2)ccc1C(C)C. The average molecular weight is 283 g/mol. The first-order valence-corrected chi connectivity index (χ1v) is 7.65. The third kappa shape index (κ3) is 4.91. The zero-order chi connectivity index (χ0) is 15.1. The molecule has 0 saturated heterocycles. The van der Waals surface area contributed by atoms with Gasteiger partial charge in [-0.15, -0.1) is 0 Å². The first-order chi connectivity index (χ1) is 10.2. The third-order valence-electron chi connectivity index (χ3n) is 3.58. The Labute approximate surface area is 128 Å². The maximum atomic E-state index is 5.80. The van der Waals surface area contributed by atoms with E-state index in [4.69, 9.17) is 4.74 Å². The quantitative estimate of drug-likeness (QED) is 0.765. The van der Waals surface area contributed by atoms with Crippen LogP contribution in [0.1, 0.15) is 36.5 Å². The van der Waals surface area contributed by atoms with Crippen LogP contribution in [0.5, 0.6) is 5.75 Å². The van der Waals surface area contributed by atoms with Crippen molar-refractivity contribution in [2.45, 2.75) is 33.2 Å². The van der Waals surface area contributed by atoms with Gasteiger partial charge in [0.1, 0.15) is 12.4 Å². The molecule has 0 aliphatic heterocycles. The van der Waals surface area contributed by atoms with E-state index < -0.39 is 0 Å². The van der Waals surface area contributed by atoms with Crippen molar-refractivity contribution in [3.05, 3.63) is 65.2 Å². The summed E-state index contributed by atoms with van der Waals surface area (Å²) in [6.45, 7) is 9.01. The molecule has 0 bridgehead atoms. The standard InChI is InChI=1S/C19H25NO/c1-15(2)19-10-9-18(13-16(19)3)21-12-11-20-14-17-7-5-4-6-8-17/h4-10,13,15,20H,11-12,14H2,1-3H3. The van der Waals surface area contributed by atoms with Gasteiger partial charge in [0.25, 0.3) is 0 Å². The Bertz CT molecular complexity index is 549. The van der Waals surface area contributed by atoms with Gasteiger partial charge in [-0.05, 0) is 41.7 Å². The van der Waals surface area contributed by atoms with Gasteiger partial charge in [0.05, 0.1) is 0 Å². The predicted octanol–water partition coefficient (Wildman–Crippen LogP) is 4.29. The van der Waals surface area contributed by atoms with Crippen molar-refractivity contribution in [1.82, 2.24) is 5.32 Å². The van der Waals surface area contributed by atoms with E-state index in [-0.39, 0.29) is 0 Å². The van der Waals surface area contributed by atoms with Crippen LogP contribution in [0.25, 0.3) is 0 Å². The van der Waals surface area contributed by atoms with Gasteiger partial charge in [-0.3, -0.25) is 0 Å². The van der Waals surface area contributed by atoms with E-state index in [1.54, 1.807) is 0 Å². The number of benzene rings is 2. The molecule has 2 rings (SSSR count). The number of ether oxygens (including phenoxy) is 1. The number of aryl methyl sites for hydroxylation is 1. The van der Waals surface area contributed by atoms with Gasteiger partial charge in [0, 0.05) is 13.1 Å². The summed E-state index contributed by atoms with van der Waals surface area (Å²) >= 11 is 0. The van der Waals surface area contributed by atoms with E-state index in [1.165, 1.54) is 16.7 Å². The molecule has 0 fully saturated rings. The summed E-state index contributed by atoms with van der Waals surface area (Å²) in [7, 11) is 0. The highest BCUT2D eigenvalue weighted by Gasteiger charge is 2.04. The fraction of sp³-hybridized carbons (Fsp3) is 0.368. The van der Waals surface area contributed by atoms with E-state index in [0.29, 0.717) is 12.5 Å². The summed E-state index contributed by atoms with van der Waals surface area (Å²) in [5.41, 5.74) is 4.00. The molecule has 2 aromatic carbocycles. The highest BCUT2D eigenvalue weighted by Crippen LogP contribution is 2.23. The minimum absolute atomic E-state index is 0.562. The molecule has 21 heavy (non-hydrogen) atoms. The molecule has 2 nitrogen and oxygen atoms in total. The van der Waals surface area contributed by atoms with Gasteiger partial charge in [0.15, 0.2) is 0 Å². The molecule has 0 aliphatic rings. The number of hydrogen-bond acceptors (Lipinski definition) is 2. The molecule has 2 heteroatoms. The van der Waals surface area contributed by atoms with Crippen LogP contribution in [-0.4, -0.2) is 13.2 Å². The minimum Gasteiger partial charge on any atom is -0.492 e. The first-order valence-electron chi connectivity index (χ1n) is 7.65. The minimum atomic E-state index is 0.562. The highest BCUT2D eigenvalue weighted by molar-refractivity contribution is 5.36. The summed E-state index contributed by atoms with van der Waals surface area (Å²) in [5.74, 6) is 1.52. The van der Waals surface area contributed by atoms with Gasteiger partial charge in [-0.1, -0.05) is 50.2 Å². The van der Waals surface area contributed by atoms with Crippen LogP contribution in [0, 0.1) is 6.92 Å². The zero-order valence-corrected chi connectivity index (χ0v) is 13.2. The Morgan fingerprint density at radius 2 is 1.81 bits per heavy atom. The largest absolute Gasteiger partial charge is 0.492 e. The van der Waals surface area contributed by atoms with Crippen LogP contribution in [0.15, 0.2) is 48.5 Å². The van der Waals surface area contributed by atoms with E-state index in [2.05, 4.69) is 68.6 Å². The third-order valence-corrected chi connectivity index (χ3v) is 3.58. The average Bonchev–Trinajstić information content (AvgIpc) is 2.47. The van der Waals surface area contributed by atoms with E-state index in [9.17, 15) is 0 Å². The Kier molecular flexibility index (Phi) is 5.82. The van der Waals surface area contributed by atoms with Gasteiger partial charge in [-0.25, -0.2) is 0 Å². The topological polar surface area (TPSA) is 21.3 Å². The lowest BCUT2D eigenvalue weighted by atomic mass is 9.98. The van der Waals surface area contributed by atoms with Crippen LogP contribution in [0.4, 0.5) is 0 Å². The van der Waals surface area contributed by atoms with Crippen molar-refractivity contribution in [3.63, 3.8) is 0 Å². The van der Waals surface area contributed by atoms with Gasteiger partial charge < -0.3 is 10.1 Å². The summed E-state index contributed by atoms with van der Waals surface area (Å²) in [6, 6.07) is 16.8. The summed E-state index contributed by atoms with van der Waals surface area (Å²) in [4.78, 5) is 0. The zero-order valence-electron chi connectivity index (χ0n) is 13.2. The fourth-order valence-electron chi connectivity index (χ4n) is 2.46. The Hall–Kier alpha value is -1.80. The molecule has 1 N–H and O–H groups in total. The lowest BCUT2D eigenvalue weighted by Gasteiger charge is -2.12. The van der Waals surface area contributed by atoms with Crippen LogP contribution in [-0.2, 0) is 6.54 Å². The molecule has 0 heterocycles. The van der Waals surface area contributed by atoms with Crippen LogP contribution >= 0.6 is 0 Å². The lowest BCUT2D eigenvalue weighted by Crippen LogP contribution is -2.20. The second-order valence-corrected chi connectivity index (χ2v) is 5.68. The fourth-order valence-corrected chi connectivity index (χ4v) is 2.46. The maximum absolute atomic E-state index is 5.80. The number of hydrogen-bond donors (Lipinski definition) is 1. The molecule has 0 amide bonds. The molecular formula is C19H25NO. The van der Waals surface area contributed by atoms with Crippen molar-refractivity contribution in [2.75, 3.05) is 13.2 Å². The highest BCUT2D eigenvalue weighted by atomic mass is 16.5. The lowest BCUT2D eigenvalue weighted by molar-refractivity contribution is 0.313. The molecule has 0 saturated carbocycles. The molecule has 112 valence electrons. The van der Waals surface area contributed by atoms with Crippen molar-refractivity contribution in [2.24, 2.45) is 0 Å². The summed E-state index contributed by atoms with van der Waals surface area (Å²) < 4.78 is 5.80. The van der Waals surface area contributed by atoms with Crippen molar-refractivity contribution >= 4 is 0 Å². The number of rotatable bonds is 7. The normalized spacial score (nSPS) is 10.9. The molecule has 0 unspecified atom stereocenters. The molecule has 0 spiro atoms. The smallest absolute Gasteiger partial charge is 0.119 e. The van der Waals surface area contributed by atoms with Gasteiger partial charge in [-0.2, -0.15) is 0 Å². The second-order valence-electron chi connectivity index (χ2n) is 5.68. The van der Waals surface area contributed by atoms with E-state index in [0.717, 1.165) is 18.8 Å². The van der Waals surface area contributed by atoms with Crippen molar-refractivity contribution in [3.8, 4) is 5.75 Å². The molecule has 0 aromatic heterocycles. The first kappa shape index (κ1) is 15.6. The second kappa shape index (κ2) is 7.84. The summed E-state index contributed by atoms with van der Waals surface area (Å²) in [5, 5.41) is 3.39. The predicted molar refractivity (Wildman–Crippen MR) is 88.9 cm³/mol. The molecule has 0 atom stereocenters. The van der Waals surface area contributed by atoms with E-state index in [1.807, 2.05) is 6.07 Å². The monoisotopic (exact) mass is 283 g/mol. The Morgan fingerprint density at radius 1 is 1.05 bits per heavy atom. The number of nitrogens with one attached hydrogen (secondary N) is 1. The van der Waals surface area contributed by atoms with Crippen molar-refractivity contribution < 1.29 is 4.74 Å².